The fourth-order valence-corrected chi connectivity index (χ4v) is 2.91. The molecule has 2 atom stereocenters. The molecule has 5 heteroatoms. The fourth-order valence-electron chi connectivity index (χ4n) is 2.91. The maximum absolute atomic E-state index is 13.2. The highest BCUT2D eigenvalue weighted by atomic mass is 35.5. The highest BCUT2D eigenvalue weighted by Crippen LogP contribution is 2.34. The number of methoxy groups -OCH3 is 1. The van der Waals surface area contributed by atoms with Gasteiger partial charge < -0.3 is 15.6 Å². The predicted molar refractivity (Wildman–Crippen MR) is 79.7 cm³/mol. The van der Waals surface area contributed by atoms with Gasteiger partial charge in [0, 0.05) is 11.6 Å². The molecular weight excluding hydrogens is 281 g/mol. The van der Waals surface area contributed by atoms with Crippen LogP contribution in [0.4, 0.5) is 4.39 Å². The number of hydrogen-bond acceptors (Lipinski definition) is 3. The molecule has 0 saturated heterocycles. The molecule has 1 saturated carbocycles. The molecule has 114 valence electrons. The van der Waals surface area contributed by atoms with Crippen LogP contribution in [0.1, 0.15) is 43.7 Å². The molecule has 3 N–H and O–H groups in total. The van der Waals surface area contributed by atoms with E-state index in [4.69, 9.17) is 10.5 Å². The molecule has 0 heterocycles. The Morgan fingerprint density at radius 2 is 1.95 bits per heavy atom. The van der Waals surface area contributed by atoms with Crippen LogP contribution in [0.25, 0.3) is 0 Å². The van der Waals surface area contributed by atoms with Crippen molar-refractivity contribution in [1.29, 1.82) is 0 Å². The summed E-state index contributed by atoms with van der Waals surface area (Å²) in [5.74, 6) is 0.279. The fraction of sp³-hybridized carbons (Fsp3) is 0.600. The van der Waals surface area contributed by atoms with Gasteiger partial charge in [0.05, 0.1) is 19.3 Å². The maximum Gasteiger partial charge on any atom is 0.126 e. The molecule has 0 bridgehead atoms. The van der Waals surface area contributed by atoms with E-state index < -0.39 is 12.1 Å². The Bertz CT molecular complexity index is 424. The molecule has 20 heavy (non-hydrogen) atoms. The Morgan fingerprint density at radius 3 is 2.55 bits per heavy atom. The van der Waals surface area contributed by atoms with Gasteiger partial charge in [0.25, 0.3) is 0 Å². The highest BCUT2D eigenvalue weighted by molar-refractivity contribution is 5.85. The first kappa shape index (κ1) is 17.2. The summed E-state index contributed by atoms with van der Waals surface area (Å²) in [5.41, 5.74) is 6.81. The van der Waals surface area contributed by atoms with Crippen molar-refractivity contribution in [1.82, 2.24) is 0 Å². The number of hydrogen-bond donors (Lipinski definition) is 2. The van der Waals surface area contributed by atoms with E-state index in [1.807, 2.05) is 0 Å². The summed E-state index contributed by atoms with van der Waals surface area (Å²) in [6.07, 6.45) is 4.96. The molecular formula is C15H23ClFNO2. The van der Waals surface area contributed by atoms with Gasteiger partial charge in [-0.25, -0.2) is 4.39 Å². The average Bonchev–Trinajstić information content (AvgIpc) is 2.46. The lowest BCUT2D eigenvalue weighted by atomic mass is 9.81. The van der Waals surface area contributed by atoms with Crippen molar-refractivity contribution in [3.05, 3.63) is 29.6 Å². The minimum absolute atomic E-state index is 0. The number of aliphatic hydroxyl groups excluding tert-OH is 1. The highest BCUT2D eigenvalue weighted by Gasteiger charge is 2.29. The molecule has 1 aromatic rings. The average molecular weight is 304 g/mol. The van der Waals surface area contributed by atoms with Crippen LogP contribution in [0.5, 0.6) is 5.75 Å². The smallest absolute Gasteiger partial charge is 0.126 e. The van der Waals surface area contributed by atoms with Crippen LogP contribution in [0, 0.1) is 11.7 Å². The van der Waals surface area contributed by atoms with Crippen molar-refractivity contribution in [3.8, 4) is 5.75 Å². The van der Waals surface area contributed by atoms with Gasteiger partial charge in [-0.1, -0.05) is 25.3 Å². The number of aliphatic hydroxyl groups is 1. The number of rotatable bonds is 4. The molecule has 1 aliphatic carbocycles. The van der Waals surface area contributed by atoms with E-state index in [9.17, 15) is 9.50 Å². The van der Waals surface area contributed by atoms with E-state index in [0.717, 1.165) is 25.7 Å². The van der Waals surface area contributed by atoms with E-state index in [1.54, 1.807) is 6.07 Å². The zero-order valence-electron chi connectivity index (χ0n) is 11.7. The lowest BCUT2D eigenvalue weighted by molar-refractivity contribution is 0.0610. The van der Waals surface area contributed by atoms with Crippen LogP contribution < -0.4 is 10.5 Å². The Kier molecular flexibility index (Phi) is 6.72. The van der Waals surface area contributed by atoms with E-state index in [0.29, 0.717) is 11.3 Å². The van der Waals surface area contributed by atoms with E-state index in [2.05, 4.69) is 0 Å². The molecule has 0 amide bonds. The lowest BCUT2D eigenvalue weighted by Gasteiger charge is -2.31. The SMILES string of the molecule is COc1cc(F)ccc1[C@@H](N)[C@@H](O)C1CCCCC1.Cl. The zero-order valence-corrected chi connectivity index (χ0v) is 12.5. The maximum atomic E-state index is 13.2. The van der Waals surface area contributed by atoms with E-state index in [-0.39, 0.29) is 24.1 Å². The van der Waals surface area contributed by atoms with Gasteiger partial charge in [0.2, 0.25) is 0 Å². The minimum atomic E-state index is -0.598. The molecule has 0 aliphatic heterocycles. The van der Waals surface area contributed by atoms with Crippen molar-refractivity contribution < 1.29 is 14.2 Å². The third-order valence-corrected chi connectivity index (χ3v) is 4.06. The Labute approximate surface area is 125 Å². The monoisotopic (exact) mass is 303 g/mol. The van der Waals surface area contributed by atoms with Crippen molar-refractivity contribution in [2.75, 3.05) is 7.11 Å². The van der Waals surface area contributed by atoms with Gasteiger partial charge in [-0.3, -0.25) is 0 Å². The van der Waals surface area contributed by atoms with Gasteiger partial charge in [0.15, 0.2) is 0 Å². The van der Waals surface area contributed by atoms with Crippen LogP contribution >= 0.6 is 12.4 Å². The number of nitrogens with two attached hydrogens (primary N) is 1. The second-order valence-electron chi connectivity index (χ2n) is 5.30. The van der Waals surface area contributed by atoms with Gasteiger partial charge in [0.1, 0.15) is 11.6 Å². The topological polar surface area (TPSA) is 55.5 Å². The van der Waals surface area contributed by atoms with Crippen molar-refractivity contribution in [2.45, 2.75) is 44.2 Å². The first-order chi connectivity index (χ1) is 9.13. The molecule has 1 aliphatic rings. The van der Waals surface area contributed by atoms with Crippen molar-refractivity contribution in [3.63, 3.8) is 0 Å². The lowest BCUT2D eigenvalue weighted by Crippen LogP contribution is -2.34. The summed E-state index contributed by atoms with van der Waals surface area (Å²) < 4.78 is 18.3. The summed E-state index contributed by atoms with van der Waals surface area (Å²) in [5, 5.41) is 10.4. The van der Waals surface area contributed by atoms with Crippen LogP contribution in [0.2, 0.25) is 0 Å². The first-order valence-corrected chi connectivity index (χ1v) is 6.90. The van der Waals surface area contributed by atoms with Crippen LogP contribution in [-0.4, -0.2) is 18.3 Å². The second-order valence-corrected chi connectivity index (χ2v) is 5.30. The zero-order chi connectivity index (χ0) is 13.8. The largest absolute Gasteiger partial charge is 0.496 e. The van der Waals surface area contributed by atoms with Gasteiger partial charge in [-0.2, -0.15) is 0 Å². The summed E-state index contributed by atoms with van der Waals surface area (Å²) in [6.45, 7) is 0. The molecule has 1 fully saturated rings. The third-order valence-electron chi connectivity index (χ3n) is 4.06. The summed E-state index contributed by atoms with van der Waals surface area (Å²) in [4.78, 5) is 0. The second kappa shape index (κ2) is 7.81. The third kappa shape index (κ3) is 3.84. The summed E-state index contributed by atoms with van der Waals surface area (Å²) >= 11 is 0. The van der Waals surface area contributed by atoms with Crippen molar-refractivity contribution in [2.24, 2.45) is 11.7 Å². The van der Waals surface area contributed by atoms with E-state index in [1.165, 1.54) is 25.7 Å². The van der Waals surface area contributed by atoms with Gasteiger partial charge in [-0.15, -0.1) is 12.4 Å². The predicted octanol–water partition coefficient (Wildman–Crippen LogP) is 3.20. The normalized spacial score (nSPS) is 19.0. The van der Waals surface area contributed by atoms with E-state index >= 15 is 0 Å². The van der Waals surface area contributed by atoms with Gasteiger partial charge in [-0.05, 0) is 24.8 Å². The first-order valence-electron chi connectivity index (χ1n) is 6.90. The summed E-state index contributed by atoms with van der Waals surface area (Å²) in [6, 6.07) is 3.73. The number of ether oxygens (including phenoxy) is 1. The number of benzene rings is 1. The quantitative estimate of drug-likeness (QED) is 0.898. The van der Waals surface area contributed by atoms with Crippen LogP contribution in [-0.2, 0) is 0 Å². The molecule has 0 aromatic heterocycles. The number of halogens is 2. The molecule has 3 nitrogen and oxygen atoms in total. The van der Waals surface area contributed by atoms with Crippen LogP contribution in [0.3, 0.4) is 0 Å². The Balaban J connectivity index is 0.00000200. The molecule has 1 aromatic carbocycles. The Morgan fingerprint density at radius 1 is 1.30 bits per heavy atom. The molecule has 0 radical (unpaired) electrons. The van der Waals surface area contributed by atoms with Gasteiger partial charge >= 0.3 is 0 Å². The van der Waals surface area contributed by atoms with Crippen LogP contribution in [0.15, 0.2) is 18.2 Å². The molecule has 0 spiro atoms. The molecule has 0 unspecified atom stereocenters. The minimum Gasteiger partial charge on any atom is -0.496 e. The Hall–Kier alpha value is -0.840. The molecule has 2 rings (SSSR count). The summed E-state index contributed by atoms with van der Waals surface area (Å²) in [7, 11) is 1.48. The van der Waals surface area contributed by atoms with Crippen molar-refractivity contribution >= 4 is 12.4 Å². The standard InChI is InChI=1S/C15H22FNO2.ClH/c1-19-13-9-11(16)7-8-12(13)14(17)15(18)10-5-3-2-4-6-10;/h7-10,14-15,18H,2-6,17H2,1H3;1H/t14-,15+;/m1./s1.